The van der Waals surface area contributed by atoms with E-state index in [1.165, 1.54) is 0 Å². The Morgan fingerprint density at radius 3 is 2.65 bits per heavy atom. The van der Waals surface area contributed by atoms with Crippen LogP contribution in [0.2, 0.25) is 0 Å². The highest BCUT2D eigenvalue weighted by Crippen LogP contribution is 2.38. The number of nitrogens with one attached hydrogen (secondary N) is 1. The summed E-state index contributed by atoms with van der Waals surface area (Å²) >= 11 is 1.67. The van der Waals surface area contributed by atoms with E-state index in [1.54, 1.807) is 18.4 Å². The fraction of sp³-hybridized carbons (Fsp3) is 0.278. The summed E-state index contributed by atoms with van der Waals surface area (Å²) in [7, 11) is 3.58. The molecule has 1 aromatic carbocycles. The second kappa shape index (κ2) is 6.46. The topological polar surface area (TPSA) is 43.4 Å². The average molecular weight is 328 g/mol. The quantitative estimate of drug-likeness (QED) is 0.730. The van der Waals surface area contributed by atoms with Crippen LogP contribution in [0.4, 0.5) is 5.00 Å². The van der Waals surface area contributed by atoms with Gasteiger partial charge < -0.3 is 14.8 Å². The zero-order valence-electron chi connectivity index (χ0n) is 13.7. The highest BCUT2D eigenvalue weighted by Gasteiger charge is 2.13. The van der Waals surface area contributed by atoms with E-state index in [9.17, 15) is 0 Å². The lowest BCUT2D eigenvalue weighted by Gasteiger charge is -2.15. The molecule has 23 heavy (non-hydrogen) atoms. The molecule has 2 heterocycles. The van der Waals surface area contributed by atoms with Gasteiger partial charge in [0.15, 0.2) is 11.5 Å². The van der Waals surface area contributed by atoms with E-state index in [0.29, 0.717) is 0 Å². The molecule has 120 valence electrons. The van der Waals surface area contributed by atoms with E-state index in [2.05, 4.69) is 21.7 Å². The summed E-state index contributed by atoms with van der Waals surface area (Å²) in [5.74, 6) is 1.48. The molecule has 0 atom stereocenters. The summed E-state index contributed by atoms with van der Waals surface area (Å²) in [5, 5.41) is 8.54. The first kappa shape index (κ1) is 15.6. The molecule has 1 N–H and O–H groups in total. The summed E-state index contributed by atoms with van der Waals surface area (Å²) in [6, 6.07) is 8.13. The van der Waals surface area contributed by atoms with Gasteiger partial charge in [-0.3, -0.25) is 4.98 Å². The van der Waals surface area contributed by atoms with Crippen LogP contribution in [0.15, 0.2) is 35.8 Å². The maximum absolute atomic E-state index is 5.90. The first-order chi connectivity index (χ1) is 11.1. The van der Waals surface area contributed by atoms with Crippen molar-refractivity contribution in [3.05, 3.63) is 35.8 Å². The van der Waals surface area contributed by atoms with Gasteiger partial charge in [0.05, 0.1) is 23.9 Å². The van der Waals surface area contributed by atoms with Crippen molar-refractivity contribution in [2.45, 2.75) is 20.0 Å². The maximum Gasteiger partial charge on any atom is 0.162 e. The predicted octanol–water partition coefficient (Wildman–Crippen LogP) is 4.80. The van der Waals surface area contributed by atoms with Crippen LogP contribution in [0, 0.1) is 0 Å². The van der Waals surface area contributed by atoms with E-state index < -0.39 is 0 Å². The molecule has 0 radical (unpaired) electrons. The third kappa shape index (κ3) is 3.10. The number of nitrogens with zero attached hydrogens (tertiary/aromatic N) is 1. The molecule has 0 saturated heterocycles. The number of thiophene rings is 1. The minimum absolute atomic E-state index is 0.0820. The molecule has 0 bridgehead atoms. The molecule has 5 heteroatoms. The van der Waals surface area contributed by atoms with E-state index in [-0.39, 0.29) is 6.10 Å². The summed E-state index contributed by atoms with van der Waals surface area (Å²) in [6.45, 7) is 4.01. The molecule has 3 rings (SSSR count). The summed E-state index contributed by atoms with van der Waals surface area (Å²) in [5.41, 5.74) is 2.06. The minimum atomic E-state index is 0.0820. The highest BCUT2D eigenvalue weighted by atomic mass is 32.1. The highest BCUT2D eigenvalue weighted by molar-refractivity contribution is 7.14. The zero-order valence-corrected chi connectivity index (χ0v) is 14.5. The van der Waals surface area contributed by atoms with Crippen molar-refractivity contribution in [3.8, 4) is 22.8 Å². The van der Waals surface area contributed by atoms with Gasteiger partial charge in [0.25, 0.3) is 0 Å². The van der Waals surface area contributed by atoms with Crippen LogP contribution in [-0.4, -0.2) is 25.2 Å². The van der Waals surface area contributed by atoms with E-state index in [0.717, 1.165) is 38.5 Å². The molecule has 0 spiro atoms. The van der Waals surface area contributed by atoms with Gasteiger partial charge in [-0.2, -0.15) is 0 Å². The van der Waals surface area contributed by atoms with Gasteiger partial charge in [0.2, 0.25) is 0 Å². The standard InChI is InChI=1S/C18H20N2O2S/c1-11(2)22-16-9-14-12(7-15(16)21-4)5-6-20-18(14)13-8-17(19-3)23-10-13/h5-11,19H,1-4H3. The Morgan fingerprint density at radius 1 is 1.17 bits per heavy atom. The molecular formula is C18H20N2O2S. The molecule has 3 aromatic rings. The van der Waals surface area contributed by atoms with Gasteiger partial charge in [-0.15, -0.1) is 11.3 Å². The number of fused-ring (bicyclic) bond motifs is 1. The number of benzene rings is 1. The number of methoxy groups -OCH3 is 1. The fourth-order valence-corrected chi connectivity index (χ4v) is 3.25. The van der Waals surface area contributed by atoms with Crippen molar-refractivity contribution in [2.75, 3.05) is 19.5 Å². The van der Waals surface area contributed by atoms with Gasteiger partial charge >= 0.3 is 0 Å². The van der Waals surface area contributed by atoms with Crippen LogP contribution in [0.25, 0.3) is 22.0 Å². The average Bonchev–Trinajstić information content (AvgIpc) is 3.02. The number of pyridine rings is 1. The molecule has 2 aromatic heterocycles. The first-order valence-corrected chi connectivity index (χ1v) is 8.40. The van der Waals surface area contributed by atoms with Gasteiger partial charge in [-0.05, 0) is 43.5 Å². The Bertz CT molecular complexity index is 827. The summed E-state index contributed by atoms with van der Waals surface area (Å²) < 4.78 is 11.4. The van der Waals surface area contributed by atoms with Crippen molar-refractivity contribution in [2.24, 2.45) is 0 Å². The Hall–Kier alpha value is -2.27. The molecule has 0 aliphatic heterocycles. The van der Waals surface area contributed by atoms with Crippen LogP contribution in [0.1, 0.15) is 13.8 Å². The fourth-order valence-electron chi connectivity index (χ4n) is 2.51. The molecule has 4 nitrogen and oxygen atoms in total. The molecular weight excluding hydrogens is 308 g/mol. The molecule has 0 fully saturated rings. The van der Waals surface area contributed by atoms with E-state index in [4.69, 9.17) is 9.47 Å². The van der Waals surface area contributed by atoms with E-state index in [1.807, 2.05) is 45.3 Å². The van der Waals surface area contributed by atoms with Crippen molar-refractivity contribution in [3.63, 3.8) is 0 Å². The third-order valence-corrected chi connectivity index (χ3v) is 4.48. The lowest BCUT2D eigenvalue weighted by atomic mass is 10.1. The first-order valence-electron chi connectivity index (χ1n) is 7.52. The molecule has 0 aliphatic rings. The lowest BCUT2D eigenvalue weighted by molar-refractivity contribution is 0.230. The second-order valence-electron chi connectivity index (χ2n) is 5.50. The number of ether oxygens (including phenoxy) is 2. The maximum atomic E-state index is 5.90. The zero-order chi connectivity index (χ0) is 16.4. The SMILES string of the molecule is CNc1cc(-c2nccc3cc(OC)c(OC(C)C)cc23)cs1. The molecule has 0 unspecified atom stereocenters. The molecule has 0 aliphatic carbocycles. The predicted molar refractivity (Wildman–Crippen MR) is 96.9 cm³/mol. The van der Waals surface area contributed by atoms with Crippen molar-refractivity contribution in [1.82, 2.24) is 4.98 Å². The lowest BCUT2D eigenvalue weighted by Crippen LogP contribution is -2.06. The van der Waals surface area contributed by atoms with Crippen LogP contribution in [0.5, 0.6) is 11.5 Å². The van der Waals surface area contributed by atoms with Gasteiger partial charge in [-0.25, -0.2) is 0 Å². The van der Waals surface area contributed by atoms with Crippen LogP contribution in [-0.2, 0) is 0 Å². The number of aromatic nitrogens is 1. The monoisotopic (exact) mass is 328 g/mol. The Labute approximate surface area is 140 Å². The van der Waals surface area contributed by atoms with Crippen LogP contribution in [0.3, 0.4) is 0 Å². The van der Waals surface area contributed by atoms with Gasteiger partial charge in [0, 0.05) is 29.6 Å². The second-order valence-corrected chi connectivity index (χ2v) is 6.41. The molecule has 0 amide bonds. The number of rotatable bonds is 5. The van der Waals surface area contributed by atoms with Gasteiger partial charge in [0.1, 0.15) is 0 Å². The third-order valence-electron chi connectivity index (χ3n) is 3.53. The summed E-state index contributed by atoms with van der Waals surface area (Å²) in [4.78, 5) is 4.58. The van der Waals surface area contributed by atoms with Crippen LogP contribution >= 0.6 is 11.3 Å². The van der Waals surface area contributed by atoms with E-state index >= 15 is 0 Å². The molecule has 0 saturated carbocycles. The van der Waals surface area contributed by atoms with Crippen LogP contribution < -0.4 is 14.8 Å². The Balaban J connectivity index is 2.18. The number of anilines is 1. The smallest absolute Gasteiger partial charge is 0.162 e. The normalized spacial score (nSPS) is 11.0. The van der Waals surface area contributed by atoms with Gasteiger partial charge in [-0.1, -0.05) is 0 Å². The Morgan fingerprint density at radius 2 is 2.00 bits per heavy atom. The largest absolute Gasteiger partial charge is 0.493 e. The number of hydrogen-bond acceptors (Lipinski definition) is 5. The van der Waals surface area contributed by atoms with Crippen molar-refractivity contribution < 1.29 is 9.47 Å². The number of hydrogen-bond donors (Lipinski definition) is 1. The van der Waals surface area contributed by atoms with Crippen molar-refractivity contribution in [1.29, 1.82) is 0 Å². The minimum Gasteiger partial charge on any atom is -0.493 e. The van der Waals surface area contributed by atoms with Crippen molar-refractivity contribution >= 4 is 27.1 Å². The Kier molecular flexibility index (Phi) is 4.39. The summed E-state index contributed by atoms with van der Waals surface area (Å²) in [6.07, 6.45) is 1.91.